The van der Waals surface area contributed by atoms with Gasteiger partial charge in [0, 0.05) is 5.56 Å². The molecule has 0 atom stereocenters. The van der Waals surface area contributed by atoms with E-state index in [1.54, 1.807) is 0 Å². The third-order valence-corrected chi connectivity index (χ3v) is 3.48. The lowest BCUT2D eigenvalue weighted by Gasteiger charge is -2.05. The first-order valence-electron chi connectivity index (χ1n) is 5.96. The molecule has 0 saturated heterocycles. The lowest BCUT2D eigenvalue weighted by molar-refractivity contribution is 0.730. The first kappa shape index (κ1) is 13.3. The largest absolute Gasteiger partial charge is 0.224 e. The molecule has 0 unspecified atom stereocenters. The smallest absolute Gasteiger partial charge is 0.137 e. The van der Waals surface area contributed by atoms with Crippen molar-refractivity contribution in [2.75, 3.05) is 0 Å². The zero-order chi connectivity index (χ0) is 12.8. The molecular weight excluding hydrogens is 267 g/mol. The van der Waals surface area contributed by atoms with Crippen molar-refractivity contribution in [3.8, 4) is 0 Å². The van der Waals surface area contributed by atoms with Crippen LogP contribution in [0.3, 0.4) is 0 Å². The molecule has 1 aromatic heterocycles. The van der Waals surface area contributed by atoms with Crippen molar-refractivity contribution < 1.29 is 0 Å². The minimum Gasteiger partial charge on any atom is -0.224 e. The molecule has 0 aliphatic heterocycles. The van der Waals surface area contributed by atoms with Crippen molar-refractivity contribution in [2.45, 2.75) is 25.7 Å². The van der Waals surface area contributed by atoms with E-state index in [0.29, 0.717) is 10.3 Å². The average Bonchev–Trinajstić information content (AvgIpc) is 2.38. The Hall–Kier alpha value is -1.12. The van der Waals surface area contributed by atoms with Gasteiger partial charge in [-0.15, -0.1) is 0 Å². The maximum atomic E-state index is 5.99. The van der Waals surface area contributed by atoms with Crippen LogP contribution in [0.15, 0.2) is 36.7 Å². The predicted molar refractivity (Wildman–Crippen MR) is 75.1 cm³/mol. The maximum Gasteiger partial charge on any atom is 0.137 e. The van der Waals surface area contributed by atoms with Crippen LogP contribution in [0.4, 0.5) is 0 Å². The molecule has 0 N–H and O–H groups in total. The van der Waals surface area contributed by atoms with Crippen molar-refractivity contribution in [1.82, 2.24) is 9.97 Å². The molecule has 1 heterocycles. The fourth-order valence-corrected chi connectivity index (χ4v) is 2.36. The standard InChI is InChI=1S/C14H14Cl2N2/c15-13-12(14(16)18-10-17-13)9-5-4-8-11-6-2-1-3-7-11/h1-3,6-7,10H,4-5,8-9H2. The molecule has 0 aliphatic carbocycles. The van der Waals surface area contributed by atoms with E-state index < -0.39 is 0 Å². The Morgan fingerprint density at radius 1 is 0.833 bits per heavy atom. The number of rotatable bonds is 5. The molecule has 0 saturated carbocycles. The number of aromatic nitrogens is 2. The van der Waals surface area contributed by atoms with E-state index in [0.717, 1.165) is 31.2 Å². The average molecular weight is 281 g/mol. The summed E-state index contributed by atoms with van der Waals surface area (Å²) in [5.41, 5.74) is 2.22. The Morgan fingerprint density at radius 2 is 1.44 bits per heavy atom. The summed E-state index contributed by atoms with van der Waals surface area (Å²) in [6.07, 6.45) is 5.42. The van der Waals surface area contributed by atoms with E-state index >= 15 is 0 Å². The number of nitrogens with zero attached hydrogens (tertiary/aromatic N) is 2. The van der Waals surface area contributed by atoms with Gasteiger partial charge in [0.2, 0.25) is 0 Å². The van der Waals surface area contributed by atoms with Gasteiger partial charge in [-0.1, -0.05) is 53.5 Å². The van der Waals surface area contributed by atoms with E-state index in [4.69, 9.17) is 23.2 Å². The molecular formula is C14H14Cl2N2. The van der Waals surface area contributed by atoms with E-state index in [9.17, 15) is 0 Å². The number of aryl methyl sites for hydroxylation is 1. The zero-order valence-corrected chi connectivity index (χ0v) is 11.5. The molecule has 1 aromatic carbocycles. The van der Waals surface area contributed by atoms with Crippen LogP contribution in [0.5, 0.6) is 0 Å². The monoisotopic (exact) mass is 280 g/mol. The maximum absolute atomic E-state index is 5.99. The summed E-state index contributed by atoms with van der Waals surface area (Å²) in [7, 11) is 0. The highest BCUT2D eigenvalue weighted by Crippen LogP contribution is 2.22. The van der Waals surface area contributed by atoms with Crippen LogP contribution in [0.25, 0.3) is 0 Å². The van der Waals surface area contributed by atoms with Crippen molar-refractivity contribution >= 4 is 23.2 Å². The summed E-state index contributed by atoms with van der Waals surface area (Å²) >= 11 is 12.0. The minimum absolute atomic E-state index is 0.467. The molecule has 0 spiro atoms. The number of hydrogen-bond donors (Lipinski definition) is 0. The second kappa shape index (κ2) is 6.72. The second-order valence-corrected chi connectivity index (χ2v) is 4.84. The molecule has 0 bridgehead atoms. The molecule has 0 fully saturated rings. The Morgan fingerprint density at radius 3 is 2.11 bits per heavy atom. The molecule has 0 amide bonds. The summed E-state index contributed by atoms with van der Waals surface area (Å²) in [5.74, 6) is 0. The number of hydrogen-bond acceptors (Lipinski definition) is 2. The van der Waals surface area contributed by atoms with Gasteiger partial charge in [-0.2, -0.15) is 0 Å². The van der Waals surface area contributed by atoms with Crippen LogP contribution < -0.4 is 0 Å². The van der Waals surface area contributed by atoms with Gasteiger partial charge in [0.15, 0.2) is 0 Å². The number of benzene rings is 1. The topological polar surface area (TPSA) is 25.8 Å². The van der Waals surface area contributed by atoms with Crippen LogP contribution in [0.1, 0.15) is 24.0 Å². The Balaban J connectivity index is 1.82. The van der Waals surface area contributed by atoms with E-state index in [-0.39, 0.29) is 0 Å². The fourth-order valence-electron chi connectivity index (χ4n) is 1.85. The molecule has 4 heteroatoms. The van der Waals surface area contributed by atoms with Crippen molar-refractivity contribution in [1.29, 1.82) is 0 Å². The minimum atomic E-state index is 0.467. The quantitative estimate of drug-likeness (QED) is 0.601. The lowest BCUT2D eigenvalue weighted by atomic mass is 10.1. The summed E-state index contributed by atoms with van der Waals surface area (Å²) in [6.45, 7) is 0. The summed E-state index contributed by atoms with van der Waals surface area (Å²) in [5, 5.41) is 0.935. The van der Waals surface area contributed by atoms with Crippen LogP contribution in [-0.2, 0) is 12.8 Å². The molecule has 18 heavy (non-hydrogen) atoms. The first-order valence-corrected chi connectivity index (χ1v) is 6.72. The first-order chi connectivity index (χ1) is 8.77. The third kappa shape index (κ3) is 3.69. The van der Waals surface area contributed by atoms with E-state index in [2.05, 4.69) is 34.2 Å². The Kier molecular flexibility index (Phi) is 4.97. The van der Waals surface area contributed by atoms with Gasteiger partial charge >= 0.3 is 0 Å². The lowest BCUT2D eigenvalue weighted by Crippen LogP contribution is -1.95. The predicted octanol–water partition coefficient (Wildman–Crippen LogP) is 4.35. The highest BCUT2D eigenvalue weighted by Gasteiger charge is 2.07. The third-order valence-electron chi connectivity index (χ3n) is 2.83. The summed E-state index contributed by atoms with van der Waals surface area (Å²) in [6, 6.07) is 10.4. The van der Waals surface area contributed by atoms with Gasteiger partial charge in [0.25, 0.3) is 0 Å². The summed E-state index contributed by atoms with van der Waals surface area (Å²) < 4.78 is 0. The molecule has 0 radical (unpaired) electrons. The van der Waals surface area contributed by atoms with Crippen molar-refractivity contribution in [2.24, 2.45) is 0 Å². The van der Waals surface area contributed by atoms with Gasteiger partial charge in [-0.05, 0) is 31.2 Å². The SMILES string of the molecule is Clc1ncnc(Cl)c1CCCCc1ccccc1. The fraction of sp³-hybridized carbons (Fsp3) is 0.286. The Bertz CT molecular complexity index is 480. The van der Waals surface area contributed by atoms with Crippen LogP contribution in [0.2, 0.25) is 10.3 Å². The van der Waals surface area contributed by atoms with Gasteiger partial charge in [-0.3, -0.25) is 0 Å². The van der Waals surface area contributed by atoms with Crippen LogP contribution in [-0.4, -0.2) is 9.97 Å². The van der Waals surface area contributed by atoms with Gasteiger partial charge in [0.05, 0.1) is 0 Å². The molecule has 2 nitrogen and oxygen atoms in total. The Labute approximate surface area is 117 Å². The summed E-state index contributed by atoms with van der Waals surface area (Å²) in [4.78, 5) is 7.89. The molecule has 2 aromatic rings. The van der Waals surface area contributed by atoms with Crippen LogP contribution in [0, 0.1) is 0 Å². The van der Waals surface area contributed by atoms with Gasteiger partial charge in [-0.25, -0.2) is 9.97 Å². The van der Waals surface area contributed by atoms with Crippen LogP contribution >= 0.6 is 23.2 Å². The van der Waals surface area contributed by atoms with Crippen molar-refractivity contribution in [3.63, 3.8) is 0 Å². The van der Waals surface area contributed by atoms with Crippen molar-refractivity contribution in [3.05, 3.63) is 58.1 Å². The van der Waals surface area contributed by atoms with Gasteiger partial charge < -0.3 is 0 Å². The normalized spacial score (nSPS) is 10.6. The van der Waals surface area contributed by atoms with E-state index in [1.807, 2.05) is 6.07 Å². The zero-order valence-electron chi connectivity index (χ0n) is 9.94. The van der Waals surface area contributed by atoms with E-state index in [1.165, 1.54) is 11.9 Å². The molecule has 2 rings (SSSR count). The highest BCUT2D eigenvalue weighted by atomic mass is 35.5. The van der Waals surface area contributed by atoms with Gasteiger partial charge in [0.1, 0.15) is 16.6 Å². The number of halogens is 2. The highest BCUT2D eigenvalue weighted by molar-refractivity contribution is 6.34. The number of unbranched alkanes of at least 4 members (excludes halogenated alkanes) is 1. The second-order valence-electron chi connectivity index (χ2n) is 4.13. The molecule has 0 aliphatic rings. The molecule has 94 valence electrons.